The Bertz CT molecular complexity index is 268. The minimum atomic E-state index is 0.0794. The molecule has 0 aliphatic heterocycles. The summed E-state index contributed by atoms with van der Waals surface area (Å²) in [6.45, 7) is 5.39. The molecule has 1 aromatic rings. The molecule has 0 N–H and O–H groups in total. The number of aromatic nitrogens is 1. The second kappa shape index (κ2) is 4.10. The lowest BCUT2D eigenvalue weighted by Gasteiger charge is -2.07. The van der Waals surface area contributed by atoms with Gasteiger partial charge in [-0.25, -0.2) is 0 Å². The van der Waals surface area contributed by atoms with E-state index in [0.717, 1.165) is 13.0 Å². The third-order valence-corrected chi connectivity index (χ3v) is 1.83. The quantitative estimate of drug-likeness (QED) is 0.670. The summed E-state index contributed by atoms with van der Waals surface area (Å²) in [5, 5.41) is 0. The molecule has 66 valence electrons. The lowest BCUT2D eigenvalue weighted by atomic mass is 10.1. The molecule has 12 heavy (non-hydrogen) atoms. The van der Waals surface area contributed by atoms with Crippen LogP contribution in [0.3, 0.4) is 0 Å². The van der Waals surface area contributed by atoms with Gasteiger partial charge in [-0.3, -0.25) is 4.79 Å². The van der Waals surface area contributed by atoms with E-state index in [1.54, 1.807) is 12.1 Å². The van der Waals surface area contributed by atoms with Gasteiger partial charge in [0.05, 0.1) is 0 Å². The molecule has 0 aliphatic carbocycles. The molecular formula is C10H15NO. The fraction of sp³-hybridized carbons (Fsp3) is 0.500. The Kier molecular flexibility index (Phi) is 3.09. The molecule has 0 spiro atoms. The van der Waals surface area contributed by atoms with Crippen molar-refractivity contribution in [1.82, 2.24) is 4.57 Å². The fourth-order valence-corrected chi connectivity index (χ4v) is 1.000. The molecule has 2 nitrogen and oxygen atoms in total. The van der Waals surface area contributed by atoms with Gasteiger partial charge in [-0.15, -0.1) is 0 Å². The summed E-state index contributed by atoms with van der Waals surface area (Å²) in [5.41, 5.74) is 0.0794. The standard InChI is InChI=1S/C10H15NO/c1-9(2)3-6-11-7-4-10(12)5-8-11/h4-5,7-9H,3,6H2,1-2H3. The molecule has 0 unspecified atom stereocenters. The van der Waals surface area contributed by atoms with E-state index in [0.29, 0.717) is 5.92 Å². The van der Waals surface area contributed by atoms with Crippen molar-refractivity contribution in [3.8, 4) is 0 Å². The monoisotopic (exact) mass is 165 g/mol. The molecule has 0 atom stereocenters. The normalized spacial score (nSPS) is 10.6. The van der Waals surface area contributed by atoms with Crippen LogP contribution < -0.4 is 5.43 Å². The maximum atomic E-state index is 10.7. The third-order valence-electron chi connectivity index (χ3n) is 1.83. The van der Waals surface area contributed by atoms with E-state index in [-0.39, 0.29) is 5.43 Å². The van der Waals surface area contributed by atoms with E-state index < -0.39 is 0 Å². The van der Waals surface area contributed by atoms with Crippen LogP contribution in [0.25, 0.3) is 0 Å². The van der Waals surface area contributed by atoms with E-state index in [4.69, 9.17) is 0 Å². The van der Waals surface area contributed by atoms with Crippen LogP contribution in [0.4, 0.5) is 0 Å². The van der Waals surface area contributed by atoms with Crippen LogP contribution in [-0.2, 0) is 6.54 Å². The van der Waals surface area contributed by atoms with Gasteiger partial charge in [0.1, 0.15) is 0 Å². The minimum Gasteiger partial charge on any atom is -0.354 e. The van der Waals surface area contributed by atoms with Gasteiger partial charge in [-0.2, -0.15) is 0 Å². The number of pyridine rings is 1. The van der Waals surface area contributed by atoms with Gasteiger partial charge >= 0.3 is 0 Å². The van der Waals surface area contributed by atoms with E-state index in [1.807, 2.05) is 17.0 Å². The van der Waals surface area contributed by atoms with Gasteiger partial charge in [0, 0.05) is 31.1 Å². The SMILES string of the molecule is CC(C)CCn1ccc(=O)cc1. The molecule has 1 rings (SSSR count). The van der Waals surface area contributed by atoms with Crippen molar-refractivity contribution < 1.29 is 0 Å². The second-order valence-electron chi connectivity index (χ2n) is 3.45. The Morgan fingerprint density at radius 1 is 1.33 bits per heavy atom. The van der Waals surface area contributed by atoms with Crippen molar-refractivity contribution in [2.24, 2.45) is 5.92 Å². The first-order valence-electron chi connectivity index (χ1n) is 4.34. The zero-order valence-electron chi connectivity index (χ0n) is 7.66. The van der Waals surface area contributed by atoms with Crippen molar-refractivity contribution in [2.45, 2.75) is 26.8 Å². The zero-order valence-corrected chi connectivity index (χ0v) is 7.66. The van der Waals surface area contributed by atoms with Crippen LogP contribution >= 0.6 is 0 Å². The van der Waals surface area contributed by atoms with E-state index in [9.17, 15) is 4.79 Å². The van der Waals surface area contributed by atoms with Gasteiger partial charge in [0.15, 0.2) is 5.43 Å². The smallest absolute Gasteiger partial charge is 0.181 e. The van der Waals surface area contributed by atoms with Gasteiger partial charge in [-0.1, -0.05) is 13.8 Å². The van der Waals surface area contributed by atoms with Gasteiger partial charge in [0.2, 0.25) is 0 Å². The van der Waals surface area contributed by atoms with E-state index >= 15 is 0 Å². The summed E-state index contributed by atoms with van der Waals surface area (Å²) >= 11 is 0. The second-order valence-corrected chi connectivity index (χ2v) is 3.45. The summed E-state index contributed by atoms with van der Waals surface area (Å²) in [7, 11) is 0. The zero-order chi connectivity index (χ0) is 8.97. The maximum Gasteiger partial charge on any atom is 0.181 e. The molecule has 0 aliphatic rings. The summed E-state index contributed by atoms with van der Waals surface area (Å²) in [6, 6.07) is 3.20. The molecule has 0 saturated carbocycles. The lowest BCUT2D eigenvalue weighted by Crippen LogP contribution is -2.05. The van der Waals surface area contributed by atoms with Crippen LogP contribution in [-0.4, -0.2) is 4.57 Å². The lowest BCUT2D eigenvalue weighted by molar-refractivity contribution is 0.514. The summed E-state index contributed by atoms with van der Waals surface area (Å²) in [6.07, 6.45) is 4.83. The largest absolute Gasteiger partial charge is 0.354 e. The van der Waals surface area contributed by atoms with Crippen molar-refractivity contribution in [2.75, 3.05) is 0 Å². The highest BCUT2D eigenvalue weighted by Gasteiger charge is 1.93. The Labute approximate surface area is 72.8 Å². The Hall–Kier alpha value is -1.05. The number of rotatable bonds is 3. The van der Waals surface area contributed by atoms with Crippen molar-refractivity contribution >= 4 is 0 Å². The van der Waals surface area contributed by atoms with Gasteiger partial charge in [0.25, 0.3) is 0 Å². The molecule has 1 aromatic heterocycles. The van der Waals surface area contributed by atoms with Gasteiger partial charge in [-0.05, 0) is 12.3 Å². The highest BCUT2D eigenvalue weighted by Crippen LogP contribution is 2.01. The molecule has 2 heteroatoms. The number of nitrogens with zero attached hydrogens (tertiary/aromatic N) is 1. The molecule has 1 heterocycles. The highest BCUT2D eigenvalue weighted by atomic mass is 16.1. The molecule has 0 bridgehead atoms. The van der Waals surface area contributed by atoms with Crippen molar-refractivity contribution in [1.29, 1.82) is 0 Å². The molecule has 0 fully saturated rings. The van der Waals surface area contributed by atoms with Crippen LogP contribution in [0.15, 0.2) is 29.3 Å². The summed E-state index contributed by atoms with van der Waals surface area (Å²) in [4.78, 5) is 10.7. The predicted octanol–water partition coefficient (Wildman–Crippen LogP) is 1.89. The van der Waals surface area contributed by atoms with E-state index in [2.05, 4.69) is 13.8 Å². The molecular weight excluding hydrogens is 150 g/mol. The molecule has 0 amide bonds. The maximum absolute atomic E-state index is 10.7. The molecule has 0 aromatic carbocycles. The van der Waals surface area contributed by atoms with E-state index in [1.165, 1.54) is 0 Å². The Morgan fingerprint density at radius 2 is 1.92 bits per heavy atom. The van der Waals surface area contributed by atoms with Crippen LogP contribution in [0.5, 0.6) is 0 Å². The fourth-order valence-electron chi connectivity index (χ4n) is 1.000. The van der Waals surface area contributed by atoms with Crippen LogP contribution in [0.2, 0.25) is 0 Å². The molecule has 0 radical (unpaired) electrons. The Balaban J connectivity index is 2.53. The summed E-state index contributed by atoms with van der Waals surface area (Å²) < 4.78 is 2.04. The Morgan fingerprint density at radius 3 is 2.42 bits per heavy atom. The van der Waals surface area contributed by atoms with Crippen molar-refractivity contribution in [3.63, 3.8) is 0 Å². The van der Waals surface area contributed by atoms with Gasteiger partial charge < -0.3 is 4.57 Å². The first kappa shape index (κ1) is 9.04. The minimum absolute atomic E-state index is 0.0794. The number of aryl methyl sites for hydroxylation is 1. The van der Waals surface area contributed by atoms with Crippen molar-refractivity contribution in [3.05, 3.63) is 34.7 Å². The topological polar surface area (TPSA) is 22.0 Å². The third kappa shape index (κ3) is 2.91. The first-order chi connectivity index (χ1) is 5.68. The molecule has 0 saturated heterocycles. The average molecular weight is 165 g/mol. The van der Waals surface area contributed by atoms with Crippen LogP contribution in [0, 0.1) is 5.92 Å². The number of hydrogen-bond acceptors (Lipinski definition) is 1. The van der Waals surface area contributed by atoms with Crippen LogP contribution in [0.1, 0.15) is 20.3 Å². The summed E-state index contributed by atoms with van der Waals surface area (Å²) in [5.74, 6) is 0.712. The number of hydrogen-bond donors (Lipinski definition) is 0. The first-order valence-corrected chi connectivity index (χ1v) is 4.34. The predicted molar refractivity (Wildman–Crippen MR) is 50.2 cm³/mol. The average Bonchev–Trinajstić information content (AvgIpc) is 2.03. The highest BCUT2D eigenvalue weighted by molar-refractivity contribution is 4.93.